The maximum absolute atomic E-state index is 12.8. The van der Waals surface area contributed by atoms with Crippen LogP contribution >= 0.6 is 15.9 Å². The van der Waals surface area contributed by atoms with Crippen LogP contribution in [0.2, 0.25) is 0 Å². The summed E-state index contributed by atoms with van der Waals surface area (Å²) in [7, 11) is 0. The molecule has 10 heteroatoms. The molecule has 1 aliphatic heterocycles. The Hall–Kier alpha value is -2.98. The van der Waals surface area contributed by atoms with Crippen LogP contribution in [0.4, 0.5) is 17.1 Å². The fraction of sp³-hybridized carbons (Fsp3) is 0.333. The summed E-state index contributed by atoms with van der Waals surface area (Å²) in [5.41, 5.74) is 2.27. The number of hydrogen-bond donors (Lipinski definition) is 2. The Morgan fingerprint density at radius 2 is 1.94 bits per heavy atom. The highest BCUT2D eigenvalue weighted by atomic mass is 79.9. The number of nitrogens with one attached hydrogen (secondary N) is 2. The molecule has 0 unspecified atom stereocenters. The number of carbonyl (C=O) groups excluding carboxylic acids is 2. The first kappa shape index (κ1) is 22.7. The summed E-state index contributed by atoms with van der Waals surface area (Å²) in [5.74, 6) is -0.703. The lowest BCUT2D eigenvalue weighted by Crippen LogP contribution is -2.38. The van der Waals surface area contributed by atoms with Gasteiger partial charge in [0.05, 0.1) is 29.4 Å². The number of amides is 2. The number of nitrogens with zero attached hydrogens (tertiary/aromatic N) is 2. The topological polar surface area (TPSA) is 114 Å². The number of ether oxygens (including phenoxy) is 1. The van der Waals surface area contributed by atoms with Gasteiger partial charge in [0.2, 0.25) is 5.91 Å². The lowest BCUT2D eigenvalue weighted by atomic mass is 10.1. The molecular formula is C21H23BrN4O5. The molecule has 0 saturated carbocycles. The van der Waals surface area contributed by atoms with Gasteiger partial charge < -0.3 is 20.3 Å². The van der Waals surface area contributed by atoms with E-state index in [1.165, 1.54) is 12.1 Å². The number of halogens is 1. The number of non-ortho nitro benzene ring substituents is 1. The molecule has 0 radical (unpaired) electrons. The number of benzene rings is 2. The van der Waals surface area contributed by atoms with Crippen molar-refractivity contribution in [2.75, 3.05) is 43.1 Å². The molecule has 164 valence electrons. The molecule has 31 heavy (non-hydrogen) atoms. The number of nitro benzene ring substituents is 1. The summed E-state index contributed by atoms with van der Waals surface area (Å²) >= 11 is 3.37. The first-order valence-corrected chi connectivity index (χ1v) is 10.6. The number of carbonyl (C=O) groups is 2. The largest absolute Gasteiger partial charge is 0.378 e. The predicted molar refractivity (Wildman–Crippen MR) is 121 cm³/mol. The number of anilines is 2. The Kier molecular flexibility index (Phi) is 7.59. The van der Waals surface area contributed by atoms with E-state index >= 15 is 0 Å². The van der Waals surface area contributed by atoms with Crippen LogP contribution in [-0.4, -0.2) is 49.6 Å². The third-order valence-electron chi connectivity index (χ3n) is 4.90. The Morgan fingerprint density at radius 1 is 1.19 bits per heavy atom. The fourth-order valence-electron chi connectivity index (χ4n) is 3.23. The van der Waals surface area contributed by atoms with Gasteiger partial charge in [0.15, 0.2) is 0 Å². The van der Waals surface area contributed by atoms with E-state index in [4.69, 9.17) is 4.74 Å². The normalized spacial score (nSPS) is 13.5. The van der Waals surface area contributed by atoms with Gasteiger partial charge in [-0.25, -0.2) is 0 Å². The molecule has 2 amide bonds. The van der Waals surface area contributed by atoms with Crippen molar-refractivity contribution in [1.82, 2.24) is 5.32 Å². The van der Waals surface area contributed by atoms with E-state index in [9.17, 15) is 19.7 Å². The minimum Gasteiger partial charge on any atom is -0.378 e. The lowest BCUT2D eigenvalue weighted by Gasteiger charge is -2.30. The summed E-state index contributed by atoms with van der Waals surface area (Å²) in [4.78, 5) is 37.7. The quantitative estimate of drug-likeness (QED) is 0.454. The van der Waals surface area contributed by atoms with Gasteiger partial charge in [-0.15, -0.1) is 0 Å². The summed E-state index contributed by atoms with van der Waals surface area (Å²) in [5, 5.41) is 16.7. The second kappa shape index (κ2) is 10.4. The van der Waals surface area contributed by atoms with Gasteiger partial charge in [0.25, 0.3) is 11.6 Å². The van der Waals surface area contributed by atoms with Crippen LogP contribution in [-0.2, 0) is 9.53 Å². The van der Waals surface area contributed by atoms with Gasteiger partial charge >= 0.3 is 0 Å². The molecule has 2 aromatic carbocycles. The van der Waals surface area contributed by atoms with Crippen molar-refractivity contribution in [3.05, 3.63) is 62.1 Å². The van der Waals surface area contributed by atoms with E-state index in [-0.39, 0.29) is 30.1 Å². The van der Waals surface area contributed by atoms with Crippen LogP contribution in [0.5, 0.6) is 0 Å². The third kappa shape index (κ3) is 6.02. The highest BCUT2D eigenvalue weighted by Crippen LogP contribution is 2.26. The molecule has 2 aromatic rings. The van der Waals surface area contributed by atoms with Crippen molar-refractivity contribution in [2.24, 2.45) is 0 Å². The van der Waals surface area contributed by atoms with E-state index < -0.39 is 10.8 Å². The number of aryl methyl sites for hydroxylation is 1. The van der Waals surface area contributed by atoms with Crippen molar-refractivity contribution < 1.29 is 19.2 Å². The molecule has 0 aliphatic carbocycles. The SMILES string of the molecule is Cc1ccc(Br)cc1NC(=O)CCNC(=O)c1cc([N+](=O)[O-])ccc1N1CCOCC1. The molecule has 2 N–H and O–H groups in total. The average molecular weight is 491 g/mol. The fourth-order valence-corrected chi connectivity index (χ4v) is 3.59. The zero-order valence-electron chi connectivity index (χ0n) is 17.0. The van der Waals surface area contributed by atoms with E-state index in [0.29, 0.717) is 37.7 Å². The highest BCUT2D eigenvalue weighted by molar-refractivity contribution is 9.10. The van der Waals surface area contributed by atoms with E-state index in [1.54, 1.807) is 6.07 Å². The molecular weight excluding hydrogens is 468 g/mol. The zero-order valence-corrected chi connectivity index (χ0v) is 18.6. The van der Waals surface area contributed by atoms with Gasteiger partial charge in [-0.05, 0) is 30.7 Å². The van der Waals surface area contributed by atoms with Crippen LogP contribution in [0.25, 0.3) is 0 Å². The minimum absolute atomic E-state index is 0.0690. The van der Waals surface area contributed by atoms with Gasteiger partial charge in [-0.1, -0.05) is 22.0 Å². The Bertz CT molecular complexity index is 992. The molecule has 3 rings (SSSR count). The van der Waals surface area contributed by atoms with Crippen molar-refractivity contribution >= 4 is 44.8 Å². The second-order valence-corrected chi connectivity index (χ2v) is 7.99. The van der Waals surface area contributed by atoms with Crippen molar-refractivity contribution in [3.8, 4) is 0 Å². The van der Waals surface area contributed by atoms with Crippen LogP contribution in [0.15, 0.2) is 40.9 Å². The Morgan fingerprint density at radius 3 is 2.65 bits per heavy atom. The summed E-state index contributed by atoms with van der Waals surface area (Å²) in [6, 6.07) is 9.82. The van der Waals surface area contributed by atoms with Crippen LogP contribution in [0.1, 0.15) is 22.3 Å². The number of nitro groups is 1. The van der Waals surface area contributed by atoms with Crippen molar-refractivity contribution in [3.63, 3.8) is 0 Å². The van der Waals surface area contributed by atoms with E-state index in [2.05, 4.69) is 26.6 Å². The van der Waals surface area contributed by atoms with Crippen LogP contribution < -0.4 is 15.5 Å². The highest BCUT2D eigenvalue weighted by Gasteiger charge is 2.22. The smallest absolute Gasteiger partial charge is 0.270 e. The Balaban J connectivity index is 1.65. The summed E-state index contributed by atoms with van der Waals surface area (Å²) in [6.07, 6.45) is 0.0690. The van der Waals surface area contributed by atoms with Crippen LogP contribution in [0.3, 0.4) is 0 Å². The van der Waals surface area contributed by atoms with Gasteiger partial charge in [0.1, 0.15) is 0 Å². The summed E-state index contributed by atoms with van der Waals surface area (Å²) < 4.78 is 6.19. The maximum atomic E-state index is 12.8. The third-order valence-corrected chi connectivity index (χ3v) is 5.39. The van der Waals surface area contributed by atoms with Gasteiger partial charge in [-0.3, -0.25) is 19.7 Å². The minimum atomic E-state index is -0.534. The zero-order chi connectivity index (χ0) is 22.4. The number of rotatable bonds is 7. The first-order valence-electron chi connectivity index (χ1n) is 9.80. The molecule has 1 fully saturated rings. The van der Waals surface area contributed by atoms with Gasteiger partial charge in [-0.2, -0.15) is 0 Å². The molecule has 9 nitrogen and oxygen atoms in total. The molecule has 1 heterocycles. The molecule has 1 saturated heterocycles. The molecule has 0 bridgehead atoms. The van der Waals surface area contributed by atoms with E-state index in [0.717, 1.165) is 10.0 Å². The first-order chi connectivity index (χ1) is 14.8. The molecule has 0 aromatic heterocycles. The Labute approximate surface area is 188 Å². The van der Waals surface area contributed by atoms with Gasteiger partial charge in [0, 0.05) is 48.3 Å². The second-order valence-electron chi connectivity index (χ2n) is 7.07. The number of hydrogen-bond acceptors (Lipinski definition) is 6. The van der Waals surface area contributed by atoms with E-state index in [1.807, 2.05) is 30.0 Å². The van der Waals surface area contributed by atoms with Crippen LogP contribution in [0, 0.1) is 17.0 Å². The van der Waals surface area contributed by atoms with Crippen molar-refractivity contribution in [1.29, 1.82) is 0 Å². The molecule has 0 spiro atoms. The maximum Gasteiger partial charge on any atom is 0.270 e. The average Bonchev–Trinajstić information content (AvgIpc) is 2.76. The molecule has 0 atom stereocenters. The summed E-state index contributed by atoms with van der Waals surface area (Å²) in [6.45, 7) is 4.21. The molecule has 1 aliphatic rings. The monoisotopic (exact) mass is 490 g/mol. The number of morpholine rings is 1. The predicted octanol–water partition coefficient (Wildman–Crippen LogP) is 3.26. The van der Waals surface area contributed by atoms with Crippen molar-refractivity contribution in [2.45, 2.75) is 13.3 Å². The standard InChI is InChI=1S/C21H23BrN4O5/c1-14-2-3-15(22)12-18(14)24-20(27)6-7-23-21(28)17-13-16(26(29)30)4-5-19(17)25-8-10-31-11-9-25/h2-5,12-13H,6-11H2,1H3,(H,23,28)(H,24,27). The lowest BCUT2D eigenvalue weighted by molar-refractivity contribution is -0.384.